The van der Waals surface area contributed by atoms with Gasteiger partial charge in [0.1, 0.15) is 12.7 Å². The normalized spacial score (nSPS) is 10.1. The van der Waals surface area contributed by atoms with E-state index in [2.05, 4.69) is 21.2 Å². The molecule has 0 saturated carbocycles. The van der Waals surface area contributed by atoms with Crippen LogP contribution < -0.4 is 0 Å². The maximum Gasteiger partial charge on any atom is 0.176 e. The van der Waals surface area contributed by atoms with E-state index >= 15 is 0 Å². The van der Waals surface area contributed by atoms with Gasteiger partial charge in [0.25, 0.3) is 0 Å². The summed E-state index contributed by atoms with van der Waals surface area (Å²) in [6, 6.07) is 3.79. The number of pyridine rings is 1. The van der Waals surface area contributed by atoms with E-state index in [-0.39, 0.29) is 5.82 Å². The molecule has 2 aromatic rings. The van der Waals surface area contributed by atoms with E-state index in [9.17, 15) is 4.39 Å². The van der Waals surface area contributed by atoms with Gasteiger partial charge in [0.2, 0.25) is 0 Å². The summed E-state index contributed by atoms with van der Waals surface area (Å²) < 4.78 is 14.3. The first kappa shape index (κ1) is 6.90. The Morgan fingerprint density at radius 2 is 2.08 bits per heavy atom. The van der Waals surface area contributed by atoms with Crippen LogP contribution in [-0.4, -0.2) is 19.7 Å². The standard InChI is InChI=1S/C7H4FN4/c8-6-2-1-3-9-7(6)12-4-10-11-5-12/h1,3-5H. The fraction of sp³-hybridized carbons (Fsp3) is 0. The summed E-state index contributed by atoms with van der Waals surface area (Å²) in [4.78, 5) is 3.80. The van der Waals surface area contributed by atoms with E-state index in [1.807, 2.05) is 0 Å². The molecule has 0 amide bonds. The van der Waals surface area contributed by atoms with Gasteiger partial charge in [-0.1, -0.05) is 0 Å². The molecule has 2 rings (SSSR count). The molecule has 12 heavy (non-hydrogen) atoms. The van der Waals surface area contributed by atoms with Crippen LogP contribution in [-0.2, 0) is 0 Å². The van der Waals surface area contributed by atoms with E-state index in [4.69, 9.17) is 0 Å². The van der Waals surface area contributed by atoms with Gasteiger partial charge in [-0.25, -0.2) is 9.37 Å². The number of rotatable bonds is 1. The van der Waals surface area contributed by atoms with Gasteiger partial charge in [-0.2, -0.15) is 0 Å². The van der Waals surface area contributed by atoms with E-state index in [0.717, 1.165) is 0 Å². The Balaban J connectivity index is 2.55. The minimum Gasteiger partial charge on any atom is -0.269 e. The second-order valence-electron chi connectivity index (χ2n) is 2.10. The molecule has 0 aromatic carbocycles. The summed E-state index contributed by atoms with van der Waals surface area (Å²) in [5.41, 5.74) is 0. The molecule has 0 bridgehead atoms. The molecule has 0 atom stereocenters. The molecule has 0 aliphatic carbocycles. The molecule has 0 saturated heterocycles. The van der Waals surface area contributed by atoms with Gasteiger partial charge in [-0.3, -0.25) is 4.57 Å². The van der Waals surface area contributed by atoms with E-state index in [1.165, 1.54) is 29.5 Å². The summed E-state index contributed by atoms with van der Waals surface area (Å²) in [7, 11) is 0. The summed E-state index contributed by atoms with van der Waals surface area (Å²) in [5, 5.41) is 7.06. The summed E-state index contributed by atoms with van der Waals surface area (Å²) in [5.74, 6) is -0.361. The fourth-order valence-electron chi connectivity index (χ4n) is 0.830. The van der Waals surface area contributed by atoms with Crippen LogP contribution >= 0.6 is 0 Å². The van der Waals surface area contributed by atoms with Crippen LogP contribution in [0, 0.1) is 11.9 Å². The molecule has 0 N–H and O–H groups in total. The third kappa shape index (κ3) is 1.05. The molecule has 4 nitrogen and oxygen atoms in total. The second-order valence-corrected chi connectivity index (χ2v) is 2.10. The third-order valence-electron chi connectivity index (χ3n) is 1.34. The number of aromatic nitrogens is 4. The molecule has 2 aromatic heterocycles. The highest BCUT2D eigenvalue weighted by atomic mass is 19.1. The number of hydrogen-bond acceptors (Lipinski definition) is 3. The Morgan fingerprint density at radius 1 is 1.33 bits per heavy atom. The molecule has 0 aliphatic heterocycles. The van der Waals surface area contributed by atoms with Crippen molar-refractivity contribution in [2.75, 3.05) is 0 Å². The van der Waals surface area contributed by atoms with Crippen LogP contribution in [0.4, 0.5) is 4.39 Å². The lowest BCUT2D eigenvalue weighted by atomic mass is 10.4. The average molecular weight is 163 g/mol. The minimum atomic E-state index is -0.516. The maximum absolute atomic E-state index is 13.0. The lowest BCUT2D eigenvalue weighted by Gasteiger charge is -1.98. The van der Waals surface area contributed by atoms with Crippen molar-refractivity contribution in [3.05, 3.63) is 36.8 Å². The van der Waals surface area contributed by atoms with Gasteiger partial charge in [0.05, 0.1) is 0 Å². The molecule has 0 unspecified atom stereocenters. The molecule has 5 heteroatoms. The molecular weight excluding hydrogens is 159 g/mol. The predicted octanol–water partition coefficient (Wildman–Crippen LogP) is 0.602. The van der Waals surface area contributed by atoms with E-state index in [1.54, 1.807) is 0 Å². The summed E-state index contributed by atoms with van der Waals surface area (Å²) in [6.07, 6.45) is 4.21. The zero-order valence-electron chi connectivity index (χ0n) is 5.98. The van der Waals surface area contributed by atoms with Crippen LogP contribution in [0.5, 0.6) is 0 Å². The van der Waals surface area contributed by atoms with Crippen LogP contribution in [0.25, 0.3) is 5.82 Å². The predicted molar refractivity (Wildman–Crippen MR) is 37.9 cm³/mol. The highest BCUT2D eigenvalue weighted by Crippen LogP contribution is 2.05. The highest BCUT2D eigenvalue weighted by molar-refractivity contribution is 5.21. The van der Waals surface area contributed by atoms with Gasteiger partial charge in [0.15, 0.2) is 11.6 Å². The van der Waals surface area contributed by atoms with E-state index < -0.39 is 5.82 Å². The Morgan fingerprint density at radius 3 is 2.75 bits per heavy atom. The van der Waals surface area contributed by atoms with Gasteiger partial charge in [0, 0.05) is 12.3 Å². The minimum absolute atomic E-state index is 0.155. The molecule has 0 spiro atoms. The number of nitrogens with zero attached hydrogens (tertiary/aromatic N) is 4. The highest BCUT2D eigenvalue weighted by Gasteiger charge is 2.03. The average Bonchev–Trinajstić information content (AvgIpc) is 2.57. The van der Waals surface area contributed by atoms with Crippen molar-refractivity contribution in [3.8, 4) is 5.82 Å². The van der Waals surface area contributed by atoms with Crippen molar-refractivity contribution < 1.29 is 4.39 Å². The molecular formula is C7H4FN4. The van der Waals surface area contributed by atoms with Crippen molar-refractivity contribution in [2.45, 2.75) is 0 Å². The summed E-state index contributed by atoms with van der Waals surface area (Å²) >= 11 is 0. The number of hydrogen-bond donors (Lipinski definition) is 0. The zero-order valence-corrected chi connectivity index (χ0v) is 5.98. The van der Waals surface area contributed by atoms with Crippen molar-refractivity contribution in [1.29, 1.82) is 0 Å². The number of halogens is 1. The Labute approximate surface area is 67.7 Å². The third-order valence-corrected chi connectivity index (χ3v) is 1.34. The van der Waals surface area contributed by atoms with Crippen molar-refractivity contribution in [3.63, 3.8) is 0 Å². The lowest BCUT2D eigenvalue weighted by molar-refractivity contribution is 0.607. The Bertz CT molecular complexity index is 371. The molecule has 0 aliphatic rings. The van der Waals surface area contributed by atoms with Gasteiger partial charge >= 0.3 is 0 Å². The first-order chi connectivity index (χ1) is 5.88. The van der Waals surface area contributed by atoms with Gasteiger partial charge < -0.3 is 0 Å². The summed E-state index contributed by atoms with van der Waals surface area (Å²) in [6.45, 7) is 0. The molecule has 1 radical (unpaired) electrons. The zero-order chi connectivity index (χ0) is 8.39. The first-order valence-electron chi connectivity index (χ1n) is 3.25. The van der Waals surface area contributed by atoms with Crippen LogP contribution in [0.15, 0.2) is 24.9 Å². The molecule has 0 fully saturated rings. The second kappa shape index (κ2) is 2.69. The lowest BCUT2D eigenvalue weighted by Crippen LogP contribution is -1.97. The fourth-order valence-corrected chi connectivity index (χ4v) is 0.830. The smallest absolute Gasteiger partial charge is 0.176 e. The van der Waals surface area contributed by atoms with Crippen LogP contribution in [0.1, 0.15) is 0 Å². The SMILES string of the molecule is Fc1[c]ccnc1-n1cnnc1. The van der Waals surface area contributed by atoms with Crippen LogP contribution in [0.3, 0.4) is 0 Å². The quantitative estimate of drug-likeness (QED) is 0.618. The Hall–Kier alpha value is -1.78. The van der Waals surface area contributed by atoms with Crippen LogP contribution in [0.2, 0.25) is 0 Å². The monoisotopic (exact) mass is 163 g/mol. The first-order valence-corrected chi connectivity index (χ1v) is 3.25. The van der Waals surface area contributed by atoms with Crippen molar-refractivity contribution in [2.24, 2.45) is 0 Å². The van der Waals surface area contributed by atoms with Gasteiger partial charge in [-0.05, 0) is 6.07 Å². The van der Waals surface area contributed by atoms with E-state index in [0.29, 0.717) is 0 Å². The Kier molecular flexibility index (Phi) is 1.55. The van der Waals surface area contributed by atoms with Crippen molar-refractivity contribution >= 4 is 0 Å². The van der Waals surface area contributed by atoms with Crippen molar-refractivity contribution in [1.82, 2.24) is 19.7 Å². The molecule has 59 valence electrons. The largest absolute Gasteiger partial charge is 0.269 e. The van der Waals surface area contributed by atoms with Gasteiger partial charge in [-0.15, -0.1) is 10.2 Å². The molecule has 2 heterocycles. The topological polar surface area (TPSA) is 43.6 Å². The maximum atomic E-state index is 13.0.